The minimum Gasteiger partial charge on any atom is -0.356 e. The standard InChI is InChI=1S/C20H26N6S.HI/c1-15(17-8-5-4-6-9-17)23-20(21-12-11-18-10-7-13-27-18)22-14-19-25-24-16(2)26(19)3;/h4-10,13,15H,11-12,14H2,1-3H3,(H2,21,22,23);1H. The van der Waals surface area contributed by atoms with Crippen LogP contribution < -0.4 is 10.6 Å². The number of guanidine groups is 1. The SMILES string of the molecule is Cc1nnc(CN=C(NCCc2cccs2)NC(C)c2ccccc2)n1C.I. The Kier molecular flexibility index (Phi) is 8.91. The van der Waals surface area contributed by atoms with Gasteiger partial charge in [0.15, 0.2) is 11.8 Å². The van der Waals surface area contributed by atoms with Gasteiger partial charge in [0.1, 0.15) is 12.4 Å². The second kappa shape index (κ2) is 11.2. The molecule has 0 bridgehead atoms. The molecule has 2 N–H and O–H groups in total. The highest BCUT2D eigenvalue weighted by Crippen LogP contribution is 2.11. The van der Waals surface area contributed by atoms with E-state index in [1.165, 1.54) is 10.4 Å². The van der Waals surface area contributed by atoms with Gasteiger partial charge in [-0.2, -0.15) is 0 Å². The Balaban J connectivity index is 0.00000280. The maximum atomic E-state index is 4.73. The molecule has 3 aromatic rings. The highest BCUT2D eigenvalue weighted by atomic mass is 127. The quantitative estimate of drug-likeness (QED) is 0.288. The molecule has 2 aromatic heterocycles. The summed E-state index contributed by atoms with van der Waals surface area (Å²) >= 11 is 1.78. The first-order chi connectivity index (χ1) is 13.1. The fourth-order valence-electron chi connectivity index (χ4n) is 2.68. The fraction of sp³-hybridized carbons (Fsp3) is 0.350. The minimum absolute atomic E-state index is 0. The Labute approximate surface area is 187 Å². The van der Waals surface area contributed by atoms with Gasteiger partial charge in [-0.05, 0) is 37.3 Å². The Morgan fingerprint density at radius 1 is 1.18 bits per heavy atom. The number of aromatic nitrogens is 3. The van der Waals surface area contributed by atoms with Gasteiger partial charge in [-0.3, -0.25) is 0 Å². The van der Waals surface area contributed by atoms with Gasteiger partial charge in [0.25, 0.3) is 0 Å². The largest absolute Gasteiger partial charge is 0.356 e. The van der Waals surface area contributed by atoms with Crippen LogP contribution in [0.15, 0.2) is 52.8 Å². The lowest BCUT2D eigenvalue weighted by atomic mass is 10.1. The van der Waals surface area contributed by atoms with Crippen molar-refractivity contribution in [2.45, 2.75) is 32.9 Å². The van der Waals surface area contributed by atoms with E-state index in [1.807, 2.05) is 24.6 Å². The molecular weight excluding hydrogens is 483 g/mol. The molecule has 6 nitrogen and oxygen atoms in total. The summed E-state index contributed by atoms with van der Waals surface area (Å²) < 4.78 is 1.97. The predicted molar refractivity (Wildman–Crippen MR) is 126 cm³/mol. The maximum Gasteiger partial charge on any atom is 0.192 e. The van der Waals surface area contributed by atoms with Crippen LogP contribution in [0.1, 0.15) is 35.1 Å². The number of aryl methyl sites for hydroxylation is 1. The van der Waals surface area contributed by atoms with Gasteiger partial charge >= 0.3 is 0 Å². The van der Waals surface area contributed by atoms with Gasteiger partial charge < -0.3 is 15.2 Å². The van der Waals surface area contributed by atoms with Crippen LogP contribution >= 0.6 is 35.3 Å². The molecule has 0 aliphatic carbocycles. The van der Waals surface area contributed by atoms with Crippen LogP contribution in [0.4, 0.5) is 0 Å². The third-order valence-corrected chi connectivity index (χ3v) is 5.39. The van der Waals surface area contributed by atoms with Gasteiger partial charge in [-0.25, -0.2) is 4.99 Å². The van der Waals surface area contributed by atoms with E-state index in [4.69, 9.17) is 4.99 Å². The first-order valence-corrected chi connectivity index (χ1v) is 9.98. The third-order valence-electron chi connectivity index (χ3n) is 4.46. The first-order valence-electron chi connectivity index (χ1n) is 9.10. The van der Waals surface area contributed by atoms with E-state index in [1.54, 1.807) is 11.3 Å². The number of hydrogen-bond donors (Lipinski definition) is 2. The summed E-state index contributed by atoms with van der Waals surface area (Å²) in [5, 5.41) is 17.3. The number of halogens is 1. The van der Waals surface area contributed by atoms with Crippen LogP contribution in [-0.2, 0) is 20.0 Å². The summed E-state index contributed by atoms with van der Waals surface area (Å²) in [5.41, 5.74) is 1.22. The Morgan fingerprint density at radius 3 is 2.61 bits per heavy atom. The molecule has 0 saturated carbocycles. The van der Waals surface area contributed by atoms with Crippen molar-refractivity contribution in [3.63, 3.8) is 0 Å². The van der Waals surface area contributed by atoms with Crippen LogP contribution in [0.2, 0.25) is 0 Å². The average Bonchev–Trinajstić information content (AvgIpc) is 3.31. The molecule has 0 fully saturated rings. The minimum atomic E-state index is 0. The predicted octanol–water partition coefficient (Wildman–Crippen LogP) is 3.84. The lowest BCUT2D eigenvalue weighted by Crippen LogP contribution is -2.39. The molecule has 0 radical (unpaired) electrons. The summed E-state index contributed by atoms with van der Waals surface area (Å²) in [5.74, 6) is 2.51. The molecule has 1 aromatic carbocycles. The zero-order valence-electron chi connectivity index (χ0n) is 16.4. The van der Waals surface area contributed by atoms with E-state index < -0.39 is 0 Å². The summed E-state index contributed by atoms with van der Waals surface area (Å²) in [7, 11) is 1.96. The first kappa shape index (κ1) is 22.4. The van der Waals surface area contributed by atoms with E-state index in [0.717, 1.165) is 30.6 Å². The molecular formula is C20H27IN6S. The van der Waals surface area contributed by atoms with Gasteiger partial charge in [0.05, 0.1) is 6.04 Å². The smallest absolute Gasteiger partial charge is 0.192 e. The Bertz CT molecular complexity index is 860. The molecule has 0 spiro atoms. The van der Waals surface area contributed by atoms with Crippen molar-refractivity contribution in [3.05, 3.63) is 69.9 Å². The summed E-state index contributed by atoms with van der Waals surface area (Å²) in [6.45, 7) is 5.38. The number of aliphatic imine (C=N–C) groups is 1. The van der Waals surface area contributed by atoms with Crippen molar-refractivity contribution in [1.82, 2.24) is 25.4 Å². The monoisotopic (exact) mass is 510 g/mol. The van der Waals surface area contributed by atoms with Crippen molar-refractivity contribution in [2.75, 3.05) is 6.54 Å². The number of nitrogens with one attached hydrogen (secondary N) is 2. The van der Waals surface area contributed by atoms with Gasteiger partial charge in [-0.1, -0.05) is 36.4 Å². The van der Waals surface area contributed by atoms with Crippen LogP contribution in [-0.4, -0.2) is 27.3 Å². The number of nitrogens with zero attached hydrogens (tertiary/aromatic N) is 4. The van der Waals surface area contributed by atoms with E-state index in [0.29, 0.717) is 6.54 Å². The molecule has 28 heavy (non-hydrogen) atoms. The maximum absolute atomic E-state index is 4.73. The second-order valence-electron chi connectivity index (χ2n) is 6.42. The lowest BCUT2D eigenvalue weighted by molar-refractivity contribution is 0.676. The molecule has 0 aliphatic rings. The highest BCUT2D eigenvalue weighted by molar-refractivity contribution is 14.0. The number of benzene rings is 1. The summed E-state index contributed by atoms with van der Waals surface area (Å²) in [4.78, 5) is 6.09. The van der Waals surface area contributed by atoms with Crippen molar-refractivity contribution < 1.29 is 0 Å². The van der Waals surface area contributed by atoms with E-state index in [9.17, 15) is 0 Å². The Hall–Kier alpha value is -1.94. The molecule has 8 heteroatoms. The van der Waals surface area contributed by atoms with Crippen molar-refractivity contribution in [2.24, 2.45) is 12.0 Å². The van der Waals surface area contributed by atoms with Gasteiger partial charge in [0.2, 0.25) is 0 Å². The second-order valence-corrected chi connectivity index (χ2v) is 7.45. The number of thiophene rings is 1. The van der Waals surface area contributed by atoms with Crippen LogP contribution in [0, 0.1) is 6.92 Å². The summed E-state index contributed by atoms with van der Waals surface area (Å²) in [6.07, 6.45) is 0.973. The van der Waals surface area contributed by atoms with Crippen molar-refractivity contribution >= 4 is 41.3 Å². The van der Waals surface area contributed by atoms with E-state index >= 15 is 0 Å². The normalized spacial score (nSPS) is 12.3. The zero-order chi connectivity index (χ0) is 19.1. The fourth-order valence-corrected chi connectivity index (χ4v) is 3.39. The number of rotatable bonds is 7. The number of hydrogen-bond acceptors (Lipinski definition) is 4. The van der Waals surface area contributed by atoms with Crippen LogP contribution in [0.3, 0.4) is 0 Å². The Morgan fingerprint density at radius 2 is 1.96 bits per heavy atom. The molecule has 150 valence electrons. The molecule has 2 heterocycles. The lowest BCUT2D eigenvalue weighted by Gasteiger charge is -2.18. The molecule has 1 unspecified atom stereocenters. The van der Waals surface area contributed by atoms with Crippen LogP contribution in [0.5, 0.6) is 0 Å². The van der Waals surface area contributed by atoms with Gasteiger partial charge in [0, 0.05) is 18.5 Å². The topological polar surface area (TPSA) is 67.1 Å². The average molecular weight is 510 g/mol. The van der Waals surface area contributed by atoms with Gasteiger partial charge in [-0.15, -0.1) is 45.5 Å². The van der Waals surface area contributed by atoms with E-state index in [-0.39, 0.29) is 30.0 Å². The highest BCUT2D eigenvalue weighted by Gasteiger charge is 2.09. The molecule has 3 rings (SSSR count). The molecule has 1 atom stereocenters. The molecule has 0 saturated heterocycles. The molecule has 0 aliphatic heterocycles. The van der Waals surface area contributed by atoms with E-state index in [2.05, 4.69) is 69.5 Å². The summed E-state index contributed by atoms with van der Waals surface area (Å²) in [6, 6.07) is 14.8. The van der Waals surface area contributed by atoms with Crippen molar-refractivity contribution in [1.29, 1.82) is 0 Å². The molecule has 0 amide bonds. The van der Waals surface area contributed by atoms with Crippen LogP contribution in [0.25, 0.3) is 0 Å². The zero-order valence-corrected chi connectivity index (χ0v) is 19.6. The van der Waals surface area contributed by atoms with Crippen molar-refractivity contribution in [3.8, 4) is 0 Å². The third kappa shape index (κ3) is 6.30.